The molecule has 6 heteroatoms. The SMILES string of the molecule is CSc1nc(Nc2ccccc2Cl)c2c3c(sc2n1)CCCC3. The Bertz CT molecular complexity index is 876. The van der Waals surface area contributed by atoms with Gasteiger partial charge in [-0.05, 0) is 49.6 Å². The molecule has 1 N–H and O–H groups in total. The normalized spacial score (nSPS) is 14.0. The van der Waals surface area contributed by atoms with Crippen molar-refractivity contribution in [3.05, 3.63) is 39.7 Å². The number of aromatic nitrogens is 2. The van der Waals surface area contributed by atoms with Crippen LogP contribution in [-0.2, 0) is 12.8 Å². The maximum absolute atomic E-state index is 6.31. The highest BCUT2D eigenvalue weighted by molar-refractivity contribution is 7.98. The summed E-state index contributed by atoms with van der Waals surface area (Å²) < 4.78 is 0. The molecule has 0 fully saturated rings. The minimum absolute atomic E-state index is 0.703. The van der Waals surface area contributed by atoms with Gasteiger partial charge in [-0.1, -0.05) is 35.5 Å². The number of para-hydroxylation sites is 1. The second-order valence-electron chi connectivity index (χ2n) is 5.55. The summed E-state index contributed by atoms with van der Waals surface area (Å²) in [6.07, 6.45) is 6.81. The molecule has 3 nitrogen and oxygen atoms in total. The monoisotopic (exact) mass is 361 g/mol. The van der Waals surface area contributed by atoms with Gasteiger partial charge in [0.2, 0.25) is 0 Å². The van der Waals surface area contributed by atoms with Gasteiger partial charge in [-0.25, -0.2) is 9.97 Å². The van der Waals surface area contributed by atoms with E-state index in [1.54, 1.807) is 11.8 Å². The van der Waals surface area contributed by atoms with Gasteiger partial charge in [0.15, 0.2) is 5.16 Å². The van der Waals surface area contributed by atoms with Gasteiger partial charge in [-0.2, -0.15) is 0 Å². The molecule has 1 aliphatic carbocycles. The summed E-state index contributed by atoms with van der Waals surface area (Å²) in [5.41, 5.74) is 2.32. The van der Waals surface area contributed by atoms with Crippen molar-refractivity contribution >= 4 is 56.4 Å². The van der Waals surface area contributed by atoms with Crippen LogP contribution in [0.2, 0.25) is 5.02 Å². The lowest BCUT2D eigenvalue weighted by atomic mass is 9.97. The maximum Gasteiger partial charge on any atom is 0.190 e. The third kappa shape index (κ3) is 2.82. The van der Waals surface area contributed by atoms with E-state index in [4.69, 9.17) is 21.6 Å². The van der Waals surface area contributed by atoms with Crippen molar-refractivity contribution in [1.29, 1.82) is 0 Å². The fourth-order valence-electron chi connectivity index (χ4n) is 3.01. The molecule has 0 amide bonds. The van der Waals surface area contributed by atoms with Crippen LogP contribution in [0.25, 0.3) is 10.2 Å². The van der Waals surface area contributed by atoms with Gasteiger partial charge in [-0.3, -0.25) is 0 Å². The van der Waals surface area contributed by atoms with Gasteiger partial charge in [0.05, 0.1) is 16.1 Å². The molecule has 1 aliphatic rings. The van der Waals surface area contributed by atoms with Crippen LogP contribution in [0.15, 0.2) is 29.4 Å². The van der Waals surface area contributed by atoms with Gasteiger partial charge < -0.3 is 5.32 Å². The summed E-state index contributed by atoms with van der Waals surface area (Å²) in [5.74, 6) is 0.881. The Kier molecular flexibility index (Phi) is 4.18. The standard InChI is InChI=1S/C17H16ClN3S2/c1-22-17-20-15(19-12-8-4-3-7-11(12)18)14-10-6-2-5-9-13(10)23-16(14)21-17/h3-4,7-8H,2,5-6,9H2,1H3,(H,19,20,21). The van der Waals surface area contributed by atoms with E-state index in [2.05, 4.69) is 5.32 Å². The van der Waals surface area contributed by atoms with Crippen LogP contribution in [0, 0.1) is 0 Å². The first kappa shape index (κ1) is 15.2. The summed E-state index contributed by atoms with van der Waals surface area (Å²) in [7, 11) is 0. The lowest BCUT2D eigenvalue weighted by Crippen LogP contribution is -2.02. The Morgan fingerprint density at radius 3 is 2.83 bits per heavy atom. The molecule has 0 unspecified atom stereocenters. The van der Waals surface area contributed by atoms with Crippen LogP contribution in [0.4, 0.5) is 11.5 Å². The van der Waals surface area contributed by atoms with Gasteiger partial charge in [0.1, 0.15) is 10.6 Å². The molecule has 2 aromatic heterocycles. The molecular weight excluding hydrogens is 346 g/mol. The van der Waals surface area contributed by atoms with Crippen LogP contribution in [0.1, 0.15) is 23.3 Å². The number of thiophene rings is 1. The Balaban J connectivity index is 1.89. The van der Waals surface area contributed by atoms with Crippen LogP contribution >= 0.6 is 34.7 Å². The lowest BCUT2D eigenvalue weighted by molar-refractivity contribution is 0.700. The number of halogens is 1. The van der Waals surface area contributed by atoms with E-state index in [0.29, 0.717) is 5.02 Å². The van der Waals surface area contributed by atoms with E-state index in [9.17, 15) is 0 Å². The third-order valence-corrected chi connectivity index (χ3v) is 6.17. The predicted octanol–water partition coefficient (Wildman–Crippen LogP) is 5.69. The number of nitrogens with zero attached hydrogens (tertiary/aromatic N) is 2. The van der Waals surface area contributed by atoms with Gasteiger partial charge >= 0.3 is 0 Å². The van der Waals surface area contributed by atoms with Crippen molar-refractivity contribution in [3.8, 4) is 0 Å². The summed E-state index contributed by atoms with van der Waals surface area (Å²) in [6, 6.07) is 7.78. The molecule has 3 aromatic rings. The highest BCUT2D eigenvalue weighted by Crippen LogP contribution is 2.40. The molecule has 0 spiro atoms. The summed E-state index contributed by atoms with van der Waals surface area (Å²) in [6.45, 7) is 0. The van der Waals surface area contributed by atoms with E-state index in [-0.39, 0.29) is 0 Å². The average molecular weight is 362 g/mol. The lowest BCUT2D eigenvalue weighted by Gasteiger charge is -2.13. The summed E-state index contributed by atoms with van der Waals surface area (Å²) >= 11 is 9.70. The molecule has 118 valence electrons. The van der Waals surface area contributed by atoms with Crippen molar-refractivity contribution in [2.24, 2.45) is 0 Å². The number of anilines is 2. The molecule has 1 aromatic carbocycles. The number of thioether (sulfide) groups is 1. The molecule has 0 saturated carbocycles. The minimum atomic E-state index is 0.703. The quantitative estimate of drug-likeness (QED) is 0.480. The van der Waals surface area contributed by atoms with E-state index in [0.717, 1.165) is 34.3 Å². The number of fused-ring (bicyclic) bond motifs is 3. The van der Waals surface area contributed by atoms with Gasteiger partial charge in [0.25, 0.3) is 0 Å². The second kappa shape index (κ2) is 6.30. The largest absolute Gasteiger partial charge is 0.338 e. The summed E-state index contributed by atoms with van der Waals surface area (Å²) in [4.78, 5) is 12.0. The molecular formula is C17H16ClN3S2. The number of hydrogen-bond donors (Lipinski definition) is 1. The van der Waals surface area contributed by atoms with Crippen LogP contribution in [0.5, 0.6) is 0 Å². The highest BCUT2D eigenvalue weighted by atomic mass is 35.5. The molecule has 23 heavy (non-hydrogen) atoms. The summed E-state index contributed by atoms with van der Waals surface area (Å²) in [5, 5.41) is 6.12. The smallest absolute Gasteiger partial charge is 0.190 e. The number of rotatable bonds is 3. The van der Waals surface area contributed by atoms with Crippen LogP contribution in [0.3, 0.4) is 0 Å². The number of nitrogens with one attached hydrogen (secondary N) is 1. The Morgan fingerprint density at radius 2 is 2.00 bits per heavy atom. The first-order chi connectivity index (χ1) is 11.3. The van der Waals surface area contributed by atoms with Gasteiger partial charge in [0, 0.05) is 4.88 Å². The van der Waals surface area contributed by atoms with Crippen molar-refractivity contribution in [2.75, 3.05) is 11.6 Å². The minimum Gasteiger partial charge on any atom is -0.338 e. The van der Waals surface area contributed by atoms with E-state index in [1.807, 2.05) is 41.9 Å². The zero-order valence-electron chi connectivity index (χ0n) is 12.7. The maximum atomic E-state index is 6.31. The molecule has 4 rings (SSSR count). The van der Waals surface area contributed by atoms with E-state index in [1.165, 1.54) is 28.7 Å². The molecule has 0 aliphatic heterocycles. The van der Waals surface area contributed by atoms with E-state index >= 15 is 0 Å². The van der Waals surface area contributed by atoms with Gasteiger partial charge in [-0.15, -0.1) is 11.3 Å². The van der Waals surface area contributed by atoms with Crippen molar-refractivity contribution < 1.29 is 0 Å². The fraction of sp³-hybridized carbons (Fsp3) is 0.294. The third-order valence-electron chi connectivity index (χ3n) is 4.10. The van der Waals surface area contributed by atoms with Crippen LogP contribution < -0.4 is 5.32 Å². The number of hydrogen-bond acceptors (Lipinski definition) is 5. The molecule has 2 heterocycles. The zero-order chi connectivity index (χ0) is 15.8. The van der Waals surface area contributed by atoms with E-state index < -0.39 is 0 Å². The first-order valence-corrected chi connectivity index (χ1v) is 10.1. The predicted molar refractivity (Wildman–Crippen MR) is 101 cm³/mol. The fourth-order valence-corrected chi connectivity index (χ4v) is 4.88. The number of benzene rings is 1. The van der Waals surface area contributed by atoms with Crippen molar-refractivity contribution in [3.63, 3.8) is 0 Å². The average Bonchev–Trinajstić information content (AvgIpc) is 2.95. The highest BCUT2D eigenvalue weighted by Gasteiger charge is 2.21. The molecule has 0 atom stereocenters. The Hall–Kier alpha value is -1.30. The number of aryl methyl sites for hydroxylation is 2. The van der Waals surface area contributed by atoms with Crippen molar-refractivity contribution in [1.82, 2.24) is 9.97 Å². The molecule has 0 radical (unpaired) electrons. The second-order valence-corrected chi connectivity index (χ2v) is 7.82. The first-order valence-electron chi connectivity index (χ1n) is 7.64. The molecule has 0 bridgehead atoms. The van der Waals surface area contributed by atoms with Crippen molar-refractivity contribution in [2.45, 2.75) is 30.8 Å². The zero-order valence-corrected chi connectivity index (χ0v) is 15.1. The van der Waals surface area contributed by atoms with Crippen LogP contribution in [-0.4, -0.2) is 16.2 Å². The Morgan fingerprint density at radius 1 is 1.17 bits per heavy atom. The topological polar surface area (TPSA) is 37.8 Å². The Labute approximate surface area is 148 Å². The molecule has 0 saturated heterocycles.